The number of ether oxygens (including phenoxy) is 1. The molecule has 0 atom stereocenters. The summed E-state index contributed by atoms with van der Waals surface area (Å²) < 4.78 is 30.9. The van der Waals surface area contributed by atoms with Crippen molar-refractivity contribution in [3.8, 4) is 5.75 Å². The van der Waals surface area contributed by atoms with Crippen molar-refractivity contribution >= 4 is 17.0 Å². The predicted octanol–water partition coefficient (Wildman–Crippen LogP) is 3.38. The van der Waals surface area contributed by atoms with E-state index in [-0.39, 0.29) is 5.75 Å². The van der Waals surface area contributed by atoms with Crippen LogP contribution in [0.25, 0.3) is 11.0 Å². The zero-order chi connectivity index (χ0) is 20.1. The summed E-state index contributed by atoms with van der Waals surface area (Å²) in [6.45, 7) is -1.72. The van der Waals surface area contributed by atoms with Crippen LogP contribution in [0.4, 0.5) is 8.78 Å². The first-order valence-corrected chi connectivity index (χ1v) is 8.84. The molecule has 0 spiro atoms. The van der Waals surface area contributed by atoms with Crippen LogP contribution in [0.2, 0.25) is 0 Å². The number of hydrogen-bond donors (Lipinski definition) is 1. The molecule has 0 saturated heterocycles. The maximum Gasteiger partial charge on any atom is 0.387 e. The number of aryl methyl sites for hydroxylation is 1. The van der Waals surface area contributed by atoms with E-state index < -0.39 is 6.61 Å². The number of imidazole rings is 1. The lowest BCUT2D eigenvalue weighted by Gasteiger charge is -2.22. The Bertz CT molecular complexity index is 953. The van der Waals surface area contributed by atoms with Crippen molar-refractivity contribution in [3.05, 3.63) is 59.9 Å². The van der Waals surface area contributed by atoms with E-state index in [1.54, 1.807) is 19.2 Å². The molecule has 0 fully saturated rings. The molecule has 3 aromatic rings. The molecule has 0 unspecified atom stereocenters. The van der Waals surface area contributed by atoms with Crippen molar-refractivity contribution in [1.82, 2.24) is 19.8 Å². The van der Waals surface area contributed by atoms with Gasteiger partial charge in [-0.3, -0.25) is 4.99 Å². The summed E-state index contributed by atoms with van der Waals surface area (Å²) in [4.78, 5) is 10.9. The van der Waals surface area contributed by atoms with E-state index in [9.17, 15) is 8.78 Å². The van der Waals surface area contributed by atoms with Gasteiger partial charge in [0.05, 0.1) is 17.6 Å². The van der Waals surface area contributed by atoms with Gasteiger partial charge in [0.2, 0.25) is 0 Å². The molecule has 0 aliphatic carbocycles. The Balaban J connectivity index is 1.62. The predicted molar refractivity (Wildman–Crippen MR) is 105 cm³/mol. The van der Waals surface area contributed by atoms with Gasteiger partial charge in [-0.05, 0) is 29.8 Å². The molecule has 8 heteroatoms. The van der Waals surface area contributed by atoms with Gasteiger partial charge in [0, 0.05) is 27.7 Å². The number of rotatable bonds is 6. The van der Waals surface area contributed by atoms with Gasteiger partial charge in [-0.2, -0.15) is 8.78 Å². The standard InChI is InChI=1S/C20H23F2N5O/c1-23-20(24-12-18-25-16-6-4-5-7-17(16)27(18)3)26(2)13-14-8-10-15(11-9-14)28-19(21)22/h4-11,19H,12-13H2,1-3H3,(H,23,24). The largest absolute Gasteiger partial charge is 0.435 e. The topological polar surface area (TPSA) is 54.7 Å². The van der Waals surface area contributed by atoms with Crippen LogP contribution in [0, 0.1) is 0 Å². The summed E-state index contributed by atoms with van der Waals surface area (Å²) in [5.41, 5.74) is 2.99. The van der Waals surface area contributed by atoms with E-state index in [0.29, 0.717) is 19.0 Å². The molecule has 6 nitrogen and oxygen atoms in total. The average Bonchev–Trinajstić information content (AvgIpc) is 3.00. The number of benzene rings is 2. The molecule has 2 aromatic carbocycles. The second kappa shape index (κ2) is 8.69. The fourth-order valence-corrected chi connectivity index (χ4v) is 3.02. The van der Waals surface area contributed by atoms with Gasteiger partial charge in [-0.1, -0.05) is 24.3 Å². The highest BCUT2D eigenvalue weighted by atomic mass is 19.3. The number of nitrogens with zero attached hydrogens (tertiary/aromatic N) is 4. The quantitative estimate of drug-likeness (QED) is 0.520. The first-order valence-electron chi connectivity index (χ1n) is 8.84. The van der Waals surface area contributed by atoms with Gasteiger partial charge in [0.1, 0.15) is 11.6 Å². The van der Waals surface area contributed by atoms with Gasteiger partial charge in [0.15, 0.2) is 5.96 Å². The van der Waals surface area contributed by atoms with Crippen molar-refractivity contribution in [1.29, 1.82) is 0 Å². The molecular formula is C20H23F2N5O. The van der Waals surface area contributed by atoms with Crippen LogP contribution in [0.15, 0.2) is 53.5 Å². The highest BCUT2D eigenvalue weighted by Gasteiger charge is 2.11. The molecule has 0 aliphatic heterocycles. The third-order valence-electron chi connectivity index (χ3n) is 4.43. The van der Waals surface area contributed by atoms with Crippen LogP contribution in [0.3, 0.4) is 0 Å². The summed E-state index contributed by atoms with van der Waals surface area (Å²) in [6, 6.07) is 14.6. The number of fused-ring (bicyclic) bond motifs is 1. The van der Waals surface area contributed by atoms with Crippen molar-refractivity contribution in [3.63, 3.8) is 0 Å². The smallest absolute Gasteiger partial charge is 0.387 e. The molecule has 0 aliphatic rings. The number of nitrogens with one attached hydrogen (secondary N) is 1. The molecule has 1 N–H and O–H groups in total. The van der Waals surface area contributed by atoms with Crippen molar-refractivity contribution in [2.45, 2.75) is 19.7 Å². The Kier molecular flexibility index (Phi) is 6.08. The Labute approximate surface area is 162 Å². The van der Waals surface area contributed by atoms with Crippen LogP contribution >= 0.6 is 0 Å². The zero-order valence-electron chi connectivity index (χ0n) is 16.1. The SMILES string of the molecule is CN=C(NCc1nc2ccccc2n1C)N(C)Cc1ccc(OC(F)F)cc1. The number of halogens is 2. The summed E-state index contributed by atoms with van der Waals surface area (Å²) in [6.07, 6.45) is 0. The summed E-state index contributed by atoms with van der Waals surface area (Å²) in [5.74, 6) is 1.76. The summed E-state index contributed by atoms with van der Waals surface area (Å²) in [7, 11) is 5.61. The van der Waals surface area contributed by atoms with E-state index in [0.717, 1.165) is 22.4 Å². The number of guanidine groups is 1. The molecule has 0 amide bonds. The van der Waals surface area contributed by atoms with E-state index in [2.05, 4.69) is 24.6 Å². The number of para-hydroxylation sites is 2. The Morgan fingerprint density at radius 2 is 1.93 bits per heavy atom. The first kappa shape index (κ1) is 19.6. The molecule has 1 aromatic heterocycles. The van der Waals surface area contributed by atoms with Crippen molar-refractivity contribution in [2.75, 3.05) is 14.1 Å². The molecule has 28 heavy (non-hydrogen) atoms. The molecule has 3 rings (SSSR count). The van der Waals surface area contributed by atoms with Crippen LogP contribution in [-0.2, 0) is 20.1 Å². The molecule has 0 radical (unpaired) electrons. The molecule has 148 valence electrons. The van der Waals surface area contributed by atoms with Crippen molar-refractivity contribution in [2.24, 2.45) is 12.0 Å². The number of alkyl halides is 2. The fraction of sp³-hybridized carbons (Fsp3) is 0.300. The van der Waals surface area contributed by atoms with Gasteiger partial charge in [-0.15, -0.1) is 0 Å². The number of hydrogen-bond acceptors (Lipinski definition) is 3. The minimum absolute atomic E-state index is 0.144. The van der Waals surface area contributed by atoms with E-state index in [4.69, 9.17) is 0 Å². The summed E-state index contributed by atoms with van der Waals surface area (Å²) >= 11 is 0. The molecule has 0 bridgehead atoms. The number of aliphatic imine (C=N–C) groups is 1. The zero-order valence-corrected chi connectivity index (χ0v) is 16.1. The maximum absolute atomic E-state index is 12.2. The second-order valence-electron chi connectivity index (χ2n) is 6.36. The normalized spacial score (nSPS) is 11.9. The Hall–Kier alpha value is -3.16. The lowest BCUT2D eigenvalue weighted by molar-refractivity contribution is -0.0498. The lowest BCUT2D eigenvalue weighted by Crippen LogP contribution is -2.38. The maximum atomic E-state index is 12.2. The second-order valence-corrected chi connectivity index (χ2v) is 6.36. The third kappa shape index (κ3) is 4.57. The molecule has 1 heterocycles. The van der Waals surface area contributed by atoms with E-state index in [1.165, 1.54) is 12.1 Å². The van der Waals surface area contributed by atoms with Crippen LogP contribution in [0.1, 0.15) is 11.4 Å². The lowest BCUT2D eigenvalue weighted by atomic mass is 10.2. The number of aromatic nitrogens is 2. The minimum atomic E-state index is -2.82. The van der Waals surface area contributed by atoms with Crippen LogP contribution < -0.4 is 10.1 Å². The van der Waals surface area contributed by atoms with Crippen molar-refractivity contribution < 1.29 is 13.5 Å². The minimum Gasteiger partial charge on any atom is -0.435 e. The highest BCUT2D eigenvalue weighted by Crippen LogP contribution is 2.16. The average molecular weight is 387 g/mol. The van der Waals surface area contributed by atoms with E-state index >= 15 is 0 Å². The third-order valence-corrected chi connectivity index (χ3v) is 4.43. The van der Waals surface area contributed by atoms with Gasteiger partial charge < -0.3 is 19.5 Å². The molecular weight excluding hydrogens is 364 g/mol. The fourth-order valence-electron chi connectivity index (χ4n) is 3.02. The monoisotopic (exact) mass is 387 g/mol. The molecule has 0 saturated carbocycles. The van der Waals surface area contributed by atoms with Crippen LogP contribution in [0.5, 0.6) is 5.75 Å². The van der Waals surface area contributed by atoms with Gasteiger partial charge in [-0.25, -0.2) is 4.98 Å². The summed E-state index contributed by atoms with van der Waals surface area (Å²) in [5, 5.41) is 3.31. The Morgan fingerprint density at radius 3 is 2.57 bits per heavy atom. The van der Waals surface area contributed by atoms with Gasteiger partial charge >= 0.3 is 6.61 Å². The Morgan fingerprint density at radius 1 is 1.21 bits per heavy atom. The highest BCUT2D eigenvalue weighted by molar-refractivity contribution is 5.80. The van der Waals surface area contributed by atoms with Gasteiger partial charge in [0.25, 0.3) is 0 Å². The first-order chi connectivity index (χ1) is 13.5. The van der Waals surface area contributed by atoms with E-state index in [1.807, 2.05) is 43.3 Å². The van der Waals surface area contributed by atoms with Crippen LogP contribution in [-0.4, -0.2) is 41.1 Å².